The molecule has 2 aliphatic heterocycles. The molecular weight excluding hydrogens is 437 g/mol. The minimum absolute atomic E-state index is 0.0911. The van der Waals surface area contributed by atoms with Gasteiger partial charge in [-0.25, -0.2) is 4.39 Å². The van der Waals surface area contributed by atoms with Crippen molar-refractivity contribution in [3.05, 3.63) is 47.0 Å². The number of nitrogens with two attached hydrogens (primary N) is 1. The van der Waals surface area contributed by atoms with Crippen LogP contribution in [-0.2, 0) is 16.1 Å². The zero-order chi connectivity index (χ0) is 24.2. The summed E-state index contributed by atoms with van der Waals surface area (Å²) in [6, 6.07) is 5.51. The van der Waals surface area contributed by atoms with E-state index in [4.69, 9.17) is 5.73 Å². The van der Waals surface area contributed by atoms with Crippen molar-refractivity contribution >= 4 is 18.0 Å². The van der Waals surface area contributed by atoms with Crippen molar-refractivity contribution in [2.24, 2.45) is 10.7 Å². The molecule has 2 amide bonds. The average Bonchev–Trinajstić information content (AvgIpc) is 2.84. The number of nitrogens with one attached hydrogen (secondary N) is 5. The first-order valence-electron chi connectivity index (χ1n) is 12.1. The lowest BCUT2D eigenvalue weighted by atomic mass is 10.1. The topological polar surface area (TPSA) is 133 Å². The third kappa shape index (κ3) is 8.42. The molecule has 2 heterocycles. The van der Waals surface area contributed by atoms with Gasteiger partial charge in [-0.05, 0) is 56.3 Å². The molecule has 1 saturated heterocycles. The number of amides is 2. The first kappa shape index (κ1) is 25.6. The van der Waals surface area contributed by atoms with Crippen LogP contribution in [0, 0.1) is 5.82 Å². The molecule has 2 bridgehead atoms. The quantitative estimate of drug-likeness (QED) is 0.388. The zero-order valence-electron chi connectivity index (χ0n) is 19.5. The first-order valence-corrected chi connectivity index (χ1v) is 12.1. The highest BCUT2D eigenvalue weighted by Gasteiger charge is 2.21. The summed E-state index contributed by atoms with van der Waals surface area (Å²) in [5.41, 5.74) is 7.22. The van der Waals surface area contributed by atoms with Gasteiger partial charge in [-0.2, -0.15) is 0 Å². The average molecular weight is 474 g/mol. The number of aliphatic imine (C=N–C) groups is 1. The highest BCUT2D eigenvalue weighted by molar-refractivity contribution is 6.13. The highest BCUT2D eigenvalue weighted by atomic mass is 19.1. The molecule has 1 aromatic carbocycles. The normalized spacial score (nSPS) is 23.1. The largest absolute Gasteiger partial charge is 0.371 e. The number of carbonyl (C=O) groups excluding carboxylic acids is 2. The molecule has 9 nitrogen and oxygen atoms in total. The number of benzene rings is 1. The van der Waals surface area contributed by atoms with E-state index in [0.29, 0.717) is 30.9 Å². The smallest absolute Gasteiger partial charge is 0.256 e. The summed E-state index contributed by atoms with van der Waals surface area (Å²) in [6.07, 6.45) is 7.45. The van der Waals surface area contributed by atoms with Crippen LogP contribution < -0.4 is 32.3 Å². The number of rotatable bonds is 3. The van der Waals surface area contributed by atoms with Crippen LogP contribution in [0.2, 0.25) is 0 Å². The van der Waals surface area contributed by atoms with Crippen molar-refractivity contribution in [1.29, 1.82) is 0 Å². The molecule has 10 heteroatoms. The van der Waals surface area contributed by atoms with Crippen molar-refractivity contribution in [3.8, 4) is 0 Å². The van der Waals surface area contributed by atoms with Crippen molar-refractivity contribution in [1.82, 2.24) is 26.6 Å². The van der Waals surface area contributed by atoms with Crippen LogP contribution in [0.15, 0.2) is 40.7 Å². The minimum atomic E-state index is -0.501. The maximum Gasteiger partial charge on any atom is 0.256 e. The summed E-state index contributed by atoms with van der Waals surface area (Å²) in [4.78, 5) is 29.4. The first-order chi connectivity index (χ1) is 16.5. The van der Waals surface area contributed by atoms with Gasteiger partial charge in [0, 0.05) is 25.8 Å². The highest BCUT2D eigenvalue weighted by Crippen LogP contribution is 2.09. The third-order valence-corrected chi connectivity index (χ3v) is 5.83. The summed E-state index contributed by atoms with van der Waals surface area (Å²) in [5.74, 6) is -0.0774. The van der Waals surface area contributed by atoms with Gasteiger partial charge in [0.2, 0.25) is 5.91 Å². The van der Waals surface area contributed by atoms with E-state index in [2.05, 4.69) is 31.6 Å². The van der Waals surface area contributed by atoms with Crippen LogP contribution >= 0.6 is 0 Å². The molecule has 186 valence electrons. The standard InChI is InChI=1S/C24H36FN7O2/c25-18-10-8-17(9-11-18)15-30-22(33)19-16-31-24-29-14-5-2-1-4-13-28-23(34)20(26)7-3-6-12-27-21(19)32-24/h8-11,16,20,24,27,29,32H,1-7,12-15,26H2,(H,28,34)(H,30,33)/t20-,24+/m0/s1. The lowest BCUT2D eigenvalue weighted by Gasteiger charge is -2.26. The fourth-order valence-electron chi connectivity index (χ4n) is 3.79. The Labute approximate surface area is 200 Å². The number of hydrogen-bond acceptors (Lipinski definition) is 7. The van der Waals surface area contributed by atoms with E-state index >= 15 is 0 Å². The Bertz CT molecular complexity index is 873. The molecule has 2 aliphatic rings. The Balaban J connectivity index is 1.61. The van der Waals surface area contributed by atoms with E-state index < -0.39 is 6.04 Å². The molecule has 0 aromatic heterocycles. The van der Waals surface area contributed by atoms with Crippen LogP contribution in [-0.4, -0.2) is 50.0 Å². The molecule has 34 heavy (non-hydrogen) atoms. The van der Waals surface area contributed by atoms with Gasteiger partial charge >= 0.3 is 0 Å². The van der Waals surface area contributed by atoms with Gasteiger partial charge in [0.05, 0.1) is 11.6 Å². The summed E-state index contributed by atoms with van der Waals surface area (Å²) < 4.78 is 13.1. The van der Waals surface area contributed by atoms with Gasteiger partial charge in [0.15, 0.2) is 6.29 Å². The van der Waals surface area contributed by atoms with Crippen molar-refractivity contribution in [2.75, 3.05) is 19.6 Å². The predicted molar refractivity (Wildman–Crippen MR) is 130 cm³/mol. The maximum absolute atomic E-state index is 13.1. The molecule has 0 spiro atoms. The number of carbonyl (C=O) groups is 2. The van der Waals surface area contributed by atoms with Crippen LogP contribution in [0.1, 0.15) is 50.5 Å². The second kappa shape index (κ2) is 13.7. The molecule has 0 saturated carbocycles. The second-order valence-electron chi connectivity index (χ2n) is 8.61. The van der Waals surface area contributed by atoms with E-state index in [1.54, 1.807) is 18.3 Å². The molecule has 7 N–H and O–H groups in total. The number of fused-ring (bicyclic) bond motifs is 2. The molecule has 1 fully saturated rings. The third-order valence-electron chi connectivity index (χ3n) is 5.83. The van der Waals surface area contributed by atoms with Crippen LogP contribution in [0.5, 0.6) is 0 Å². The zero-order valence-corrected chi connectivity index (χ0v) is 19.5. The fraction of sp³-hybridized carbons (Fsp3) is 0.542. The summed E-state index contributed by atoms with van der Waals surface area (Å²) in [5, 5.41) is 15.7. The summed E-state index contributed by atoms with van der Waals surface area (Å²) >= 11 is 0. The van der Waals surface area contributed by atoms with E-state index in [0.717, 1.165) is 50.6 Å². The molecule has 3 rings (SSSR count). The van der Waals surface area contributed by atoms with E-state index in [1.807, 2.05) is 0 Å². The summed E-state index contributed by atoms with van der Waals surface area (Å²) in [6.45, 7) is 2.35. The monoisotopic (exact) mass is 473 g/mol. The van der Waals surface area contributed by atoms with Crippen molar-refractivity contribution in [2.45, 2.75) is 63.8 Å². The van der Waals surface area contributed by atoms with Gasteiger partial charge < -0.3 is 27.0 Å². The van der Waals surface area contributed by atoms with Gasteiger partial charge in [-0.1, -0.05) is 25.0 Å². The van der Waals surface area contributed by atoms with Crippen molar-refractivity contribution < 1.29 is 14.0 Å². The van der Waals surface area contributed by atoms with Gasteiger partial charge in [0.25, 0.3) is 5.91 Å². The Morgan fingerprint density at radius 3 is 2.53 bits per heavy atom. The Kier molecular flexibility index (Phi) is 10.3. The van der Waals surface area contributed by atoms with Crippen LogP contribution in [0.3, 0.4) is 0 Å². The lowest BCUT2D eigenvalue weighted by molar-refractivity contribution is -0.122. The van der Waals surface area contributed by atoms with Gasteiger partial charge in [-0.15, -0.1) is 0 Å². The van der Waals surface area contributed by atoms with E-state index in [-0.39, 0.29) is 30.5 Å². The molecule has 0 aliphatic carbocycles. The molecule has 0 radical (unpaired) electrons. The van der Waals surface area contributed by atoms with Crippen molar-refractivity contribution in [3.63, 3.8) is 0 Å². The van der Waals surface area contributed by atoms with E-state index in [1.165, 1.54) is 12.1 Å². The lowest BCUT2D eigenvalue weighted by Crippen LogP contribution is -2.48. The summed E-state index contributed by atoms with van der Waals surface area (Å²) in [7, 11) is 0. The maximum atomic E-state index is 13.1. The van der Waals surface area contributed by atoms with E-state index in [9.17, 15) is 14.0 Å². The van der Waals surface area contributed by atoms with Gasteiger partial charge in [0.1, 0.15) is 11.6 Å². The fourth-order valence-corrected chi connectivity index (χ4v) is 3.79. The number of halogens is 1. The predicted octanol–water partition coefficient (Wildman–Crippen LogP) is 0.978. The second-order valence-corrected chi connectivity index (χ2v) is 8.61. The molecule has 0 unspecified atom stereocenters. The SMILES string of the molecule is N[C@H]1CCCCNC2=C(C(=O)NCc3ccc(F)cc3)C=N[C@@H](NCCCCCCNC1=O)N2. The molecule has 2 atom stereocenters. The van der Waals surface area contributed by atoms with Gasteiger partial charge in [-0.3, -0.25) is 19.9 Å². The Hall–Kier alpha value is -2.98. The minimum Gasteiger partial charge on any atom is -0.371 e. The number of hydrogen-bond donors (Lipinski definition) is 6. The molecule has 1 aromatic rings. The Morgan fingerprint density at radius 1 is 1.03 bits per heavy atom. The van der Waals surface area contributed by atoms with Crippen LogP contribution in [0.25, 0.3) is 0 Å². The Morgan fingerprint density at radius 2 is 1.74 bits per heavy atom. The number of nitrogens with zero attached hydrogens (tertiary/aromatic N) is 1. The van der Waals surface area contributed by atoms with Crippen LogP contribution in [0.4, 0.5) is 4.39 Å². The molecular formula is C24H36FN7O2.